The molecule has 0 aromatic carbocycles. The van der Waals surface area contributed by atoms with E-state index in [-0.39, 0.29) is 0 Å². The number of hydrogen-bond donors (Lipinski definition) is 2. The minimum absolute atomic E-state index is 0.673. The van der Waals surface area contributed by atoms with E-state index >= 15 is 0 Å². The van der Waals surface area contributed by atoms with Crippen LogP contribution in [0.25, 0.3) is 11.0 Å². The molecule has 2 fully saturated rings. The lowest BCUT2D eigenvalue weighted by atomic mass is 9.90. The van der Waals surface area contributed by atoms with Gasteiger partial charge in [0.1, 0.15) is 11.6 Å². The van der Waals surface area contributed by atoms with E-state index in [0.717, 1.165) is 75.1 Å². The molecule has 0 atom stereocenters. The first-order chi connectivity index (χ1) is 13.7. The Bertz CT molecular complexity index is 831. The number of H-pyrrole nitrogens is 1. The van der Waals surface area contributed by atoms with Crippen LogP contribution in [0.15, 0.2) is 0 Å². The summed E-state index contributed by atoms with van der Waals surface area (Å²) in [5.74, 6) is 1.83. The van der Waals surface area contributed by atoms with Crippen molar-refractivity contribution >= 4 is 22.7 Å². The van der Waals surface area contributed by atoms with Gasteiger partial charge in [-0.15, -0.1) is 0 Å². The average molecular weight is 384 g/mol. The number of aromatic amines is 1. The van der Waals surface area contributed by atoms with Gasteiger partial charge in [-0.25, -0.2) is 4.98 Å². The van der Waals surface area contributed by atoms with E-state index in [1.54, 1.807) is 0 Å². The van der Waals surface area contributed by atoms with Gasteiger partial charge in [0.2, 0.25) is 0 Å². The highest BCUT2D eigenvalue weighted by atomic mass is 15.3. The van der Waals surface area contributed by atoms with Crippen LogP contribution in [-0.4, -0.2) is 70.3 Å². The minimum atomic E-state index is 0.673. The number of nitrogens with zero attached hydrogens (tertiary/aromatic N) is 5. The van der Waals surface area contributed by atoms with Crippen molar-refractivity contribution in [2.24, 2.45) is 0 Å². The molecule has 4 heterocycles. The fraction of sp³-hybridized carbons (Fsp3) is 0.714. The predicted molar refractivity (Wildman–Crippen MR) is 114 cm³/mol. The summed E-state index contributed by atoms with van der Waals surface area (Å²) in [4.78, 5) is 12.7. The molecule has 0 radical (unpaired) electrons. The Balaban J connectivity index is 1.51. The number of aromatic nitrogens is 3. The summed E-state index contributed by atoms with van der Waals surface area (Å²) in [6.07, 6.45) is 7.92. The fourth-order valence-electron chi connectivity index (χ4n) is 5.45. The molecule has 0 bridgehead atoms. The number of fused-ring (bicyclic) bond motifs is 3. The molecule has 2 aromatic rings. The Morgan fingerprint density at radius 2 is 1.82 bits per heavy atom. The van der Waals surface area contributed by atoms with Crippen molar-refractivity contribution in [3.8, 4) is 0 Å². The number of pyridine rings is 1. The third-order valence-corrected chi connectivity index (χ3v) is 7.14. The summed E-state index contributed by atoms with van der Waals surface area (Å²) in [7, 11) is 0. The van der Waals surface area contributed by atoms with Crippen LogP contribution in [0.3, 0.4) is 0 Å². The van der Waals surface area contributed by atoms with Crippen molar-refractivity contribution in [1.29, 1.82) is 0 Å². The molecule has 3 N–H and O–H groups in total. The second kappa shape index (κ2) is 7.52. The highest BCUT2D eigenvalue weighted by Gasteiger charge is 2.31. The van der Waals surface area contributed by atoms with Crippen LogP contribution >= 0.6 is 0 Å². The van der Waals surface area contributed by atoms with Crippen LogP contribution in [0, 0.1) is 0 Å². The summed E-state index contributed by atoms with van der Waals surface area (Å²) in [6.45, 7) is 9.83. The van der Waals surface area contributed by atoms with E-state index in [1.807, 2.05) is 0 Å². The summed E-state index contributed by atoms with van der Waals surface area (Å²) in [5, 5.41) is 8.45. The van der Waals surface area contributed by atoms with E-state index in [4.69, 9.17) is 10.7 Å². The Labute approximate surface area is 167 Å². The van der Waals surface area contributed by atoms with Crippen LogP contribution in [0.5, 0.6) is 0 Å². The maximum absolute atomic E-state index is 6.25. The summed E-state index contributed by atoms with van der Waals surface area (Å²) < 4.78 is 0. The first-order valence-electron chi connectivity index (χ1n) is 11.1. The van der Waals surface area contributed by atoms with Gasteiger partial charge >= 0.3 is 0 Å². The molecule has 28 heavy (non-hydrogen) atoms. The van der Waals surface area contributed by atoms with Crippen molar-refractivity contribution in [3.05, 3.63) is 11.1 Å². The zero-order chi connectivity index (χ0) is 19.1. The number of nitrogens with two attached hydrogens (primary N) is 1. The number of likely N-dealkylation sites (N-methyl/N-ethyl adjacent to an activating group) is 1. The van der Waals surface area contributed by atoms with Gasteiger partial charge < -0.3 is 15.5 Å². The van der Waals surface area contributed by atoms with E-state index in [9.17, 15) is 0 Å². The van der Waals surface area contributed by atoms with Crippen LogP contribution in [0.2, 0.25) is 0 Å². The highest BCUT2D eigenvalue weighted by molar-refractivity contribution is 5.92. The maximum atomic E-state index is 6.25. The van der Waals surface area contributed by atoms with Gasteiger partial charge in [0.15, 0.2) is 5.65 Å². The van der Waals surface area contributed by atoms with Crippen LogP contribution in [0.4, 0.5) is 11.6 Å². The molecule has 0 unspecified atom stereocenters. The molecule has 1 aliphatic carbocycles. The van der Waals surface area contributed by atoms with Crippen molar-refractivity contribution in [3.63, 3.8) is 0 Å². The molecule has 5 rings (SSSR count). The molecular weight excluding hydrogens is 350 g/mol. The van der Waals surface area contributed by atoms with E-state index < -0.39 is 0 Å². The topological polar surface area (TPSA) is 77.3 Å². The normalized spacial score (nSPS) is 22.7. The van der Waals surface area contributed by atoms with E-state index in [2.05, 4.69) is 31.8 Å². The monoisotopic (exact) mass is 383 g/mol. The second-order valence-electron chi connectivity index (χ2n) is 8.66. The SMILES string of the molecule is CCN1CCN(c2nc3n[nH]c(N)c3c3c2CN(C2CCCCC2)CC3)CC1. The standard InChI is InChI=1S/C21H33N7/c1-2-26-10-12-27(13-11-26)21-17-14-28(15-6-4-3-5-7-15)9-8-16(17)18-19(22)24-25-20(18)23-21/h15H,2-14H2,1H3,(H3,22,23,24,25). The van der Waals surface area contributed by atoms with Crippen molar-refractivity contribution < 1.29 is 0 Å². The van der Waals surface area contributed by atoms with Crippen LogP contribution in [0.1, 0.15) is 50.2 Å². The molecule has 1 saturated carbocycles. The zero-order valence-electron chi connectivity index (χ0n) is 17.1. The Kier molecular flexibility index (Phi) is 4.88. The van der Waals surface area contributed by atoms with Crippen molar-refractivity contribution in [2.45, 2.75) is 58.0 Å². The van der Waals surface area contributed by atoms with Gasteiger partial charge in [-0.05, 0) is 31.4 Å². The van der Waals surface area contributed by atoms with Gasteiger partial charge in [0, 0.05) is 50.9 Å². The van der Waals surface area contributed by atoms with Crippen molar-refractivity contribution in [2.75, 3.05) is 49.9 Å². The maximum Gasteiger partial charge on any atom is 0.185 e. The van der Waals surface area contributed by atoms with E-state index in [0.29, 0.717) is 5.82 Å². The molecule has 7 nitrogen and oxygen atoms in total. The molecule has 2 aliphatic heterocycles. The zero-order valence-corrected chi connectivity index (χ0v) is 17.1. The van der Waals surface area contributed by atoms with Gasteiger partial charge in [-0.3, -0.25) is 10.00 Å². The first kappa shape index (κ1) is 18.2. The number of hydrogen-bond acceptors (Lipinski definition) is 6. The quantitative estimate of drug-likeness (QED) is 0.847. The fourth-order valence-corrected chi connectivity index (χ4v) is 5.45. The summed E-state index contributed by atoms with van der Waals surface area (Å²) in [5.41, 5.74) is 9.83. The number of piperazine rings is 1. The molecule has 0 amide bonds. The molecule has 7 heteroatoms. The Morgan fingerprint density at radius 1 is 1.04 bits per heavy atom. The predicted octanol–water partition coefficient (Wildman–Crippen LogP) is 2.37. The third kappa shape index (κ3) is 3.14. The lowest BCUT2D eigenvalue weighted by Crippen LogP contribution is -2.47. The van der Waals surface area contributed by atoms with Crippen LogP contribution in [-0.2, 0) is 13.0 Å². The van der Waals surface area contributed by atoms with Gasteiger partial charge in [-0.2, -0.15) is 5.10 Å². The smallest absolute Gasteiger partial charge is 0.185 e. The summed E-state index contributed by atoms with van der Waals surface area (Å²) >= 11 is 0. The third-order valence-electron chi connectivity index (χ3n) is 7.14. The minimum Gasteiger partial charge on any atom is -0.384 e. The molecule has 0 spiro atoms. The lowest BCUT2D eigenvalue weighted by molar-refractivity contribution is 0.141. The first-order valence-corrected chi connectivity index (χ1v) is 11.1. The highest BCUT2D eigenvalue weighted by Crippen LogP contribution is 2.37. The number of nitrogens with one attached hydrogen (secondary N) is 1. The summed E-state index contributed by atoms with van der Waals surface area (Å²) in [6, 6.07) is 0.740. The Morgan fingerprint density at radius 3 is 2.57 bits per heavy atom. The second-order valence-corrected chi connectivity index (χ2v) is 8.66. The molecule has 152 valence electrons. The largest absolute Gasteiger partial charge is 0.384 e. The molecule has 2 aromatic heterocycles. The number of nitrogen functional groups attached to an aromatic ring is 1. The van der Waals surface area contributed by atoms with E-state index in [1.165, 1.54) is 43.2 Å². The number of anilines is 2. The van der Waals surface area contributed by atoms with Gasteiger partial charge in [0.25, 0.3) is 0 Å². The lowest BCUT2D eigenvalue weighted by Gasteiger charge is -2.40. The van der Waals surface area contributed by atoms with Crippen LogP contribution < -0.4 is 10.6 Å². The molecular formula is C21H33N7. The van der Waals surface area contributed by atoms with Gasteiger partial charge in [0.05, 0.1) is 5.39 Å². The molecule has 3 aliphatic rings. The molecule has 1 saturated heterocycles. The number of rotatable bonds is 3. The average Bonchev–Trinajstić information content (AvgIpc) is 3.14. The Hall–Kier alpha value is -1.86. The van der Waals surface area contributed by atoms with Gasteiger partial charge in [-0.1, -0.05) is 26.2 Å². The van der Waals surface area contributed by atoms with Crippen molar-refractivity contribution in [1.82, 2.24) is 25.0 Å².